The first-order valence-electron chi connectivity index (χ1n) is 9.46. The van der Waals surface area contributed by atoms with Gasteiger partial charge in [0.2, 0.25) is 0 Å². The van der Waals surface area contributed by atoms with E-state index in [9.17, 15) is 4.79 Å². The number of para-hydroxylation sites is 1. The highest BCUT2D eigenvalue weighted by molar-refractivity contribution is 5.67. The molecule has 0 fully saturated rings. The first kappa shape index (κ1) is 21.6. The number of carboxylic acids is 1. The smallest absolute Gasteiger partial charge is 0.303 e. The van der Waals surface area contributed by atoms with Gasteiger partial charge in [-0.05, 0) is 47.6 Å². The number of hydrogen-bond donors (Lipinski definition) is 1. The molecule has 0 atom stereocenters. The van der Waals surface area contributed by atoms with E-state index in [-0.39, 0.29) is 11.8 Å². The van der Waals surface area contributed by atoms with E-state index in [4.69, 9.17) is 19.3 Å². The molecule has 0 aromatic heterocycles. The number of hydrogen-bond acceptors (Lipinski definition) is 4. The van der Waals surface area contributed by atoms with Crippen LogP contribution in [0.1, 0.15) is 43.9 Å². The molecule has 0 saturated heterocycles. The SMILES string of the molecule is COc1cc(CCC(=O)O)ccc1OCCOc1c(C)cccc1C(C)(C)C. The lowest BCUT2D eigenvalue weighted by Crippen LogP contribution is -2.16. The molecule has 0 aliphatic rings. The summed E-state index contributed by atoms with van der Waals surface area (Å²) in [5.74, 6) is 1.30. The minimum Gasteiger partial charge on any atom is -0.493 e. The maximum Gasteiger partial charge on any atom is 0.303 e. The van der Waals surface area contributed by atoms with Gasteiger partial charge in [-0.2, -0.15) is 0 Å². The Labute approximate surface area is 167 Å². The third kappa shape index (κ3) is 5.91. The Balaban J connectivity index is 1.98. The molecule has 152 valence electrons. The monoisotopic (exact) mass is 386 g/mol. The van der Waals surface area contributed by atoms with Gasteiger partial charge in [-0.3, -0.25) is 4.79 Å². The highest BCUT2D eigenvalue weighted by atomic mass is 16.5. The Bertz CT molecular complexity index is 805. The zero-order valence-corrected chi connectivity index (χ0v) is 17.4. The fraction of sp³-hybridized carbons (Fsp3) is 0.435. The Kier molecular flexibility index (Phi) is 7.32. The van der Waals surface area contributed by atoms with E-state index in [2.05, 4.69) is 32.9 Å². The fourth-order valence-electron chi connectivity index (χ4n) is 2.97. The molecule has 0 aliphatic heterocycles. The van der Waals surface area contributed by atoms with Crippen molar-refractivity contribution in [3.8, 4) is 17.2 Å². The Hall–Kier alpha value is -2.69. The van der Waals surface area contributed by atoms with Crippen LogP contribution >= 0.6 is 0 Å². The van der Waals surface area contributed by atoms with Crippen LogP contribution in [0.15, 0.2) is 36.4 Å². The van der Waals surface area contributed by atoms with Crippen molar-refractivity contribution in [3.63, 3.8) is 0 Å². The maximum absolute atomic E-state index is 10.7. The van der Waals surface area contributed by atoms with E-state index in [0.29, 0.717) is 31.1 Å². The summed E-state index contributed by atoms with van der Waals surface area (Å²) in [6.45, 7) is 9.34. The van der Waals surface area contributed by atoms with Crippen LogP contribution in [0, 0.1) is 6.92 Å². The minimum absolute atomic E-state index is 0.00276. The number of aliphatic carboxylic acids is 1. The summed E-state index contributed by atoms with van der Waals surface area (Å²) in [5, 5.41) is 8.81. The molecule has 2 aromatic carbocycles. The molecular formula is C23H30O5. The molecule has 0 radical (unpaired) electrons. The second-order valence-electron chi connectivity index (χ2n) is 7.78. The summed E-state index contributed by atoms with van der Waals surface area (Å²) in [6.07, 6.45) is 0.543. The van der Waals surface area contributed by atoms with Crippen LogP contribution in [0.2, 0.25) is 0 Å². The summed E-state index contributed by atoms with van der Waals surface area (Å²) in [5.41, 5.74) is 3.18. The van der Waals surface area contributed by atoms with Gasteiger partial charge in [0.05, 0.1) is 7.11 Å². The van der Waals surface area contributed by atoms with Crippen molar-refractivity contribution in [2.75, 3.05) is 20.3 Å². The van der Waals surface area contributed by atoms with Crippen molar-refractivity contribution in [1.29, 1.82) is 0 Å². The van der Waals surface area contributed by atoms with Gasteiger partial charge in [-0.1, -0.05) is 45.0 Å². The zero-order valence-electron chi connectivity index (χ0n) is 17.4. The summed E-state index contributed by atoms with van der Waals surface area (Å²) < 4.78 is 17.3. The number of ether oxygens (including phenoxy) is 3. The number of carbonyl (C=O) groups is 1. The van der Waals surface area contributed by atoms with Crippen LogP contribution in [-0.4, -0.2) is 31.4 Å². The van der Waals surface area contributed by atoms with Crippen molar-refractivity contribution in [2.24, 2.45) is 0 Å². The van der Waals surface area contributed by atoms with Crippen LogP contribution in [0.5, 0.6) is 17.2 Å². The van der Waals surface area contributed by atoms with E-state index in [1.807, 2.05) is 31.2 Å². The van der Waals surface area contributed by atoms with E-state index in [0.717, 1.165) is 16.9 Å². The van der Waals surface area contributed by atoms with Gasteiger partial charge in [0.1, 0.15) is 19.0 Å². The van der Waals surface area contributed by atoms with Crippen molar-refractivity contribution in [1.82, 2.24) is 0 Å². The zero-order chi connectivity index (χ0) is 20.7. The first-order chi connectivity index (χ1) is 13.2. The molecule has 0 amide bonds. The summed E-state index contributed by atoms with van der Waals surface area (Å²) in [6, 6.07) is 11.7. The van der Waals surface area contributed by atoms with Crippen molar-refractivity contribution in [2.45, 2.75) is 46.0 Å². The van der Waals surface area contributed by atoms with Crippen LogP contribution in [0.25, 0.3) is 0 Å². The van der Waals surface area contributed by atoms with Gasteiger partial charge >= 0.3 is 5.97 Å². The largest absolute Gasteiger partial charge is 0.493 e. The molecule has 2 rings (SSSR count). The molecule has 5 nitrogen and oxygen atoms in total. The average molecular weight is 386 g/mol. The third-order valence-corrected chi connectivity index (χ3v) is 4.46. The van der Waals surface area contributed by atoms with E-state index >= 15 is 0 Å². The fourth-order valence-corrected chi connectivity index (χ4v) is 2.97. The molecule has 2 aromatic rings. The number of benzene rings is 2. The Morgan fingerprint density at radius 1 is 1.04 bits per heavy atom. The lowest BCUT2D eigenvalue weighted by molar-refractivity contribution is -0.136. The number of aryl methyl sites for hydroxylation is 2. The van der Waals surface area contributed by atoms with Gasteiger partial charge in [0.25, 0.3) is 0 Å². The summed E-state index contributed by atoms with van der Waals surface area (Å²) >= 11 is 0. The number of rotatable bonds is 9. The first-order valence-corrected chi connectivity index (χ1v) is 9.46. The van der Waals surface area contributed by atoms with E-state index < -0.39 is 5.97 Å². The summed E-state index contributed by atoms with van der Waals surface area (Å²) in [7, 11) is 1.57. The summed E-state index contributed by atoms with van der Waals surface area (Å²) in [4.78, 5) is 10.7. The standard InChI is InChI=1S/C23H30O5/c1-16-7-6-8-18(23(2,3)4)22(16)28-14-13-27-19-11-9-17(10-12-21(24)25)15-20(19)26-5/h6-9,11,15H,10,12-14H2,1-5H3,(H,24,25). The molecule has 0 bridgehead atoms. The molecular weight excluding hydrogens is 356 g/mol. The molecule has 0 heterocycles. The molecule has 0 aliphatic carbocycles. The predicted molar refractivity (Wildman–Crippen MR) is 110 cm³/mol. The van der Waals surface area contributed by atoms with Gasteiger partial charge < -0.3 is 19.3 Å². The maximum atomic E-state index is 10.7. The second-order valence-corrected chi connectivity index (χ2v) is 7.78. The van der Waals surface area contributed by atoms with E-state index in [1.54, 1.807) is 7.11 Å². The second kappa shape index (κ2) is 9.49. The van der Waals surface area contributed by atoms with Gasteiger partial charge in [0, 0.05) is 6.42 Å². The predicted octanol–water partition coefficient (Wildman–Crippen LogP) is 4.78. The Morgan fingerprint density at radius 3 is 2.39 bits per heavy atom. The van der Waals surface area contributed by atoms with E-state index in [1.165, 1.54) is 5.56 Å². The van der Waals surface area contributed by atoms with Gasteiger partial charge in [-0.25, -0.2) is 0 Å². The van der Waals surface area contributed by atoms with Crippen LogP contribution in [-0.2, 0) is 16.6 Å². The minimum atomic E-state index is -0.817. The number of carboxylic acid groups (broad SMARTS) is 1. The topological polar surface area (TPSA) is 65.0 Å². The van der Waals surface area contributed by atoms with Crippen molar-refractivity contribution >= 4 is 5.97 Å². The van der Waals surface area contributed by atoms with Gasteiger partial charge in [-0.15, -0.1) is 0 Å². The molecule has 0 unspecified atom stereocenters. The lowest BCUT2D eigenvalue weighted by atomic mass is 9.85. The highest BCUT2D eigenvalue weighted by Crippen LogP contribution is 2.34. The Morgan fingerprint density at radius 2 is 1.75 bits per heavy atom. The number of methoxy groups -OCH3 is 1. The lowest BCUT2D eigenvalue weighted by Gasteiger charge is -2.24. The quantitative estimate of drug-likeness (QED) is 0.629. The average Bonchev–Trinajstić information content (AvgIpc) is 2.64. The molecule has 1 N–H and O–H groups in total. The highest BCUT2D eigenvalue weighted by Gasteiger charge is 2.20. The third-order valence-electron chi connectivity index (χ3n) is 4.46. The van der Waals surface area contributed by atoms with Crippen LogP contribution in [0.3, 0.4) is 0 Å². The molecule has 5 heteroatoms. The molecule has 28 heavy (non-hydrogen) atoms. The van der Waals surface area contributed by atoms with Crippen LogP contribution < -0.4 is 14.2 Å². The molecule has 0 spiro atoms. The van der Waals surface area contributed by atoms with Crippen molar-refractivity contribution in [3.05, 3.63) is 53.1 Å². The van der Waals surface area contributed by atoms with Gasteiger partial charge in [0.15, 0.2) is 11.5 Å². The molecule has 0 saturated carbocycles. The van der Waals surface area contributed by atoms with Crippen LogP contribution in [0.4, 0.5) is 0 Å². The normalized spacial score (nSPS) is 11.2. The van der Waals surface area contributed by atoms with Crippen molar-refractivity contribution < 1.29 is 24.1 Å².